The third-order valence-corrected chi connectivity index (χ3v) is 4.67. The van der Waals surface area contributed by atoms with Gasteiger partial charge in [0.15, 0.2) is 5.65 Å². The van der Waals surface area contributed by atoms with E-state index in [2.05, 4.69) is 40.5 Å². The van der Waals surface area contributed by atoms with E-state index in [-0.39, 0.29) is 5.91 Å². The number of nitrogens with one attached hydrogen (secondary N) is 1. The van der Waals surface area contributed by atoms with Crippen LogP contribution in [0.25, 0.3) is 5.65 Å². The molecule has 1 N–H and O–H groups in total. The van der Waals surface area contributed by atoms with Gasteiger partial charge in [0.05, 0.1) is 12.8 Å². The Morgan fingerprint density at radius 3 is 2.73 bits per heavy atom. The quantitative estimate of drug-likeness (QED) is 0.693. The number of carbonyl (C=O) groups is 1. The van der Waals surface area contributed by atoms with Crippen molar-refractivity contribution in [3.8, 4) is 0 Å². The Morgan fingerprint density at radius 2 is 2.00 bits per heavy atom. The van der Waals surface area contributed by atoms with Crippen LogP contribution in [-0.2, 0) is 11.2 Å². The van der Waals surface area contributed by atoms with E-state index in [1.807, 2.05) is 19.9 Å². The smallest absolute Gasteiger partial charge is 0.256 e. The second-order valence-corrected chi connectivity index (χ2v) is 6.41. The van der Waals surface area contributed by atoms with Crippen LogP contribution in [0, 0.1) is 20.8 Å². The number of hydrogen-bond acceptors (Lipinski definition) is 4. The summed E-state index contributed by atoms with van der Waals surface area (Å²) >= 11 is 0. The minimum atomic E-state index is -0.185. The summed E-state index contributed by atoms with van der Waals surface area (Å²) in [6.45, 7) is 7.05. The molecule has 6 nitrogen and oxygen atoms in total. The van der Waals surface area contributed by atoms with Crippen LogP contribution in [0.15, 0.2) is 30.5 Å². The van der Waals surface area contributed by atoms with Gasteiger partial charge in [-0.25, -0.2) is 9.50 Å². The summed E-state index contributed by atoms with van der Waals surface area (Å²) in [5.41, 5.74) is 6.66. The second kappa shape index (κ2) is 7.66. The van der Waals surface area contributed by atoms with E-state index in [4.69, 9.17) is 4.74 Å². The Labute approximate surface area is 153 Å². The van der Waals surface area contributed by atoms with Gasteiger partial charge in [0, 0.05) is 31.5 Å². The van der Waals surface area contributed by atoms with Crippen molar-refractivity contribution in [1.29, 1.82) is 0 Å². The highest BCUT2D eigenvalue weighted by atomic mass is 16.5. The van der Waals surface area contributed by atoms with Crippen molar-refractivity contribution in [3.05, 3.63) is 64.1 Å². The lowest BCUT2D eigenvalue weighted by Crippen LogP contribution is -2.27. The Hall–Kier alpha value is -2.73. The molecular formula is C20H24N4O2. The number of benzene rings is 1. The maximum atomic E-state index is 12.4. The highest BCUT2D eigenvalue weighted by molar-refractivity contribution is 5.99. The van der Waals surface area contributed by atoms with Crippen LogP contribution < -0.4 is 5.32 Å². The van der Waals surface area contributed by atoms with Crippen LogP contribution in [-0.4, -0.2) is 40.8 Å². The van der Waals surface area contributed by atoms with Crippen molar-refractivity contribution in [2.24, 2.45) is 0 Å². The lowest BCUT2D eigenvalue weighted by molar-refractivity contribution is 0.0938. The molecule has 1 amide bonds. The molecular weight excluding hydrogens is 328 g/mol. The Morgan fingerprint density at radius 1 is 1.23 bits per heavy atom. The highest BCUT2D eigenvalue weighted by Crippen LogP contribution is 2.21. The zero-order valence-corrected chi connectivity index (χ0v) is 15.7. The van der Waals surface area contributed by atoms with Gasteiger partial charge in [-0.05, 0) is 37.5 Å². The van der Waals surface area contributed by atoms with Gasteiger partial charge in [-0.2, -0.15) is 5.10 Å². The number of rotatable bonds is 6. The summed E-state index contributed by atoms with van der Waals surface area (Å²) in [5, 5.41) is 7.22. The maximum absolute atomic E-state index is 12.4. The number of fused-ring (bicyclic) bond motifs is 1. The molecule has 0 spiro atoms. The number of aromatic nitrogens is 3. The first kappa shape index (κ1) is 18.1. The maximum Gasteiger partial charge on any atom is 0.256 e. The predicted molar refractivity (Wildman–Crippen MR) is 101 cm³/mol. The monoisotopic (exact) mass is 352 g/mol. The zero-order valence-electron chi connectivity index (χ0n) is 15.7. The zero-order chi connectivity index (χ0) is 18.7. The Kier molecular flexibility index (Phi) is 5.32. The number of nitrogens with zero attached hydrogens (tertiary/aromatic N) is 3. The van der Waals surface area contributed by atoms with E-state index in [1.165, 1.54) is 11.1 Å². The van der Waals surface area contributed by atoms with E-state index >= 15 is 0 Å². The molecule has 3 rings (SSSR count). The Bertz CT molecular complexity index is 946. The molecule has 6 heteroatoms. The molecule has 0 aliphatic carbocycles. The summed E-state index contributed by atoms with van der Waals surface area (Å²) in [7, 11) is 1.60. The van der Waals surface area contributed by atoms with Gasteiger partial charge in [0.1, 0.15) is 5.56 Å². The van der Waals surface area contributed by atoms with Crippen LogP contribution in [0.5, 0.6) is 0 Å². The van der Waals surface area contributed by atoms with Crippen LogP contribution in [0.4, 0.5) is 0 Å². The molecule has 0 radical (unpaired) electrons. The van der Waals surface area contributed by atoms with Gasteiger partial charge in [0.25, 0.3) is 5.91 Å². The number of ether oxygens (including phenoxy) is 1. The van der Waals surface area contributed by atoms with E-state index in [1.54, 1.807) is 17.8 Å². The third-order valence-electron chi connectivity index (χ3n) is 4.67. The molecule has 26 heavy (non-hydrogen) atoms. The minimum absolute atomic E-state index is 0.185. The average Bonchev–Trinajstić information content (AvgIpc) is 3.04. The van der Waals surface area contributed by atoms with Gasteiger partial charge in [-0.15, -0.1) is 0 Å². The number of carbonyl (C=O) groups excluding carboxylic acids is 1. The normalized spacial score (nSPS) is 11.1. The molecule has 1 aromatic carbocycles. The molecule has 2 aromatic heterocycles. The fraction of sp³-hybridized carbons (Fsp3) is 0.350. The van der Waals surface area contributed by atoms with Gasteiger partial charge in [0.2, 0.25) is 0 Å². The molecule has 0 unspecified atom stereocenters. The van der Waals surface area contributed by atoms with Crippen LogP contribution in [0.3, 0.4) is 0 Å². The first-order valence-electron chi connectivity index (χ1n) is 8.68. The molecule has 3 aromatic rings. The summed E-state index contributed by atoms with van der Waals surface area (Å²) in [5.74, 6) is -0.185. The summed E-state index contributed by atoms with van der Waals surface area (Å²) in [6.07, 6.45) is 2.37. The van der Waals surface area contributed by atoms with Crippen molar-refractivity contribution in [2.75, 3.05) is 20.3 Å². The fourth-order valence-electron chi connectivity index (χ4n) is 3.09. The number of methoxy groups -OCH3 is 1. The molecule has 0 saturated heterocycles. The second-order valence-electron chi connectivity index (χ2n) is 6.41. The summed E-state index contributed by atoms with van der Waals surface area (Å²) in [4.78, 5) is 17.1. The van der Waals surface area contributed by atoms with Crippen molar-refractivity contribution in [2.45, 2.75) is 27.2 Å². The molecule has 0 aliphatic rings. The SMILES string of the molecule is COCCNC(=O)c1cnn2c(C)c(Cc3ccccc3C)c(C)nc12. The molecule has 0 atom stereocenters. The van der Waals surface area contributed by atoms with Gasteiger partial charge in [-0.3, -0.25) is 4.79 Å². The van der Waals surface area contributed by atoms with E-state index < -0.39 is 0 Å². The van der Waals surface area contributed by atoms with Gasteiger partial charge < -0.3 is 10.1 Å². The number of aryl methyl sites for hydroxylation is 3. The molecule has 0 bridgehead atoms. The highest BCUT2D eigenvalue weighted by Gasteiger charge is 2.18. The predicted octanol–water partition coefficient (Wildman–Crippen LogP) is 2.62. The molecule has 136 valence electrons. The number of amides is 1. The largest absolute Gasteiger partial charge is 0.383 e. The van der Waals surface area contributed by atoms with Crippen molar-refractivity contribution >= 4 is 11.6 Å². The van der Waals surface area contributed by atoms with Crippen LogP contribution >= 0.6 is 0 Å². The van der Waals surface area contributed by atoms with E-state index in [9.17, 15) is 4.79 Å². The molecule has 0 fully saturated rings. The standard InChI is InChI=1S/C20H24N4O2/c1-13-7-5-6-8-16(13)11-17-14(2)23-19-18(12-22-24(19)15(17)3)20(25)21-9-10-26-4/h5-8,12H,9-11H2,1-4H3,(H,21,25). The van der Waals surface area contributed by atoms with E-state index in [0.717, 1.165) is 23.4 Å². The lowest BCUT2D eigenvalue weighted by atomic mass is 9.99. The Balaban J connectivity index is 1.96. The first-order chi connectivity index (χ1) is 12.5. The van der Waals surface area contributed by atoms with Crippen LogP contribution in [0.2, 0.25) is 0 Å². The first-order valence-corrected chi connectivity index (χ1v) is 8.68. The van der Waals surface area contributed by atoms with Crippen LogP contribution in [0.1, 0.15) is 38.4 Å². The molecule has 0 saturated carbocycles. The van der Waals surface area contributed by atoms with Crippen molar-refractivity contribution in [3.63, 3.8) is 0 Å². The van der Waals surface area contributed by atoms with Crippen molar-refractivity contribution < 1.29 is 9.53 Å². The molecule has 2 heterocycles. The topological polar surface area (TPSA) is 68.5 Å². The average molecular weight is 352 g/mol. The molecule has 0 aliphatic heterocycles. The number of hydrogen-bond donors (Lipinski definition) is 1. The van der Waals surface area contributed by atoms with E-state index in [0.29, 0.717) is 24.4 Å². The van der Waals surface area contributed by atoms with Crippen molar-refractivity contribution in [1.82, 2.24) is 19.9 Å². The summed E-state index contributed by atoms with van der Waals surface area (Å²) < 4.78 is 6.72. The fourth-order valence-corrected chi connectivity index (χ4v) is 3.09. The van der Waals surface area contributed by atoms with Gasteiger partial charge in [-0.1, -0.05) is 24.3 Å². The third kappa shape index (κ3) is 3.46. The van der Waals surface area contributed by atoms with Gasteiger partial charge >= 0.3 is 0 Å². The minimum Gasteiger partial charge on any atom is -0.383 e. The lowest BCUT2D eigenvalue weighted by Gasteiger charge is -2.13. The summed E-state index contributed by atoms with van der Waals surface area (Å²) in [6, 6.07) is 8.34.